The van der Waals surface area contributed by atoms with E-state index in [1.165, 1.54) is 24.1 Å². The number of aromatic nitrogens is 2. The van der Waals surface area contributed by atoms with E-state index in [2.05, 4.69) is 10.1 Å². The van der Waals surface area contributed by atoms with Crippen LogP contribution < -0.4 is 9.64 Å². The van der Waals surface area contributed by atoms with Gasteiger partial charge in [0.25, 0.3) is 0 Å². The summed E-state index contributed by atoms with van der Waals surface area (Å²) in [4.78, 5) is 18.3. The first-order valence-corrected chi connectivity index (χ1v) is 8.66. The molecule has 2 heterocycles. The fourth-order valence-corrected chi connectivity index (χ4v) is 3.28. The molecule has 1 aliphatic heterocycles. The highest BCUT2D eigenvalue weighted by Crippen LogP contribution is 2.33. The van der Waals surface area contributed by atoms with Crippen molar-refractivity contribution in [3.05, 3.63) is 59.2 Å². The molecule has 6 nitrogen and oxygen atoms in total. The maximum Gasteiger partial charge on any atom is 0.232 e. The molecular formula is C19H15ClFN3O3. The Morgan fingerprint density at radius 1 is 1.30 bits per heavy atom. The number of rotatable bonds is 4. The van der Waals surface area contributed by atoms with Crippen LogP contribution in [0.5, 0.6) is 5.75 Å². The van der Waals surface area contributed by atoms with Crippen LogP contribution in [0.4, 0.5) is 10.1 Å². The summed E-state index contributed by atoms with van der Waals surface area (Å²) in [5.74, 6) is -0.00355. The Kier molecular flexibility index (Phi) is 4.53. The number of halogens is 2. The Labute approximate surface area is 159 Å². The SMILES string of the molecule is COc1ccc(N2CC(c3nc(-c4cccc(Cl)c4)no3)CC2=O)cc1F. The van der Waals surface area contributed by atoms with Crippen LogP contribution in [0.1, 0.15) is 18.2 Å². The number of hydrogen-bond donors (Lipinski definition) is 0. The highest BCUT2D eigenvalue weighted by Gasteiger charge is 2.35. The third kappa shape index (κ3) is 3.38. The summed E-state index contributed by atoms with van der Waals surface area (Å²) in [7, 11) is 1.39. The Morgan fingerprint density at radius 3 is 2.89 bits per heavy atom. The summed E-state index contributed by atoms with van der Waals surface area (Å²) < 4.78 is 24.2. The van der Waals surface area contributed by atoms with Gasteiger partial charge in [-0.05, 0) is 24.3 Å². The van der Waals surface area contributed by atoms with E-state index in [0.717, 1.165) is 5.56 Å². The van der Waals surface area contributed by atoms with Gasteiger partial charge < -0.3 is 14.2 Å². The fourth-order valence-electron chi connectivity index (χ4n) is 3.09. The van der Waals surface area contributed by atoms with E-state index in [1.807, 2.05) is 6.07 Å². The molecule has 0 saturated carbocycles. The van der Waals surface area contributed by atoms with Gasteiger partial charge >= 0.3 is 0 Å². The lowest BCUT2D eigenvalue weighted by molar-refractivity contribution is -0.117. The summed E-state index contributed by atoms with van der Waals surface area (Å²) in [6.07, 6.45) is 0.213. The number of hydrogen-bond acceptors (Lipinski definition) is 5. The van der Waals surface area contributed by atoms with E-state index < -0.39 is 5.82 Å². The zero-order chi connectivity index (χ0) is 19.0. The van der Waals surface area contributed by atoms with Gasteiger partial charge in [0.15, 0.2) is 11.6 Å². The van der Waals surface area contributed by atoms with E-state index >= 15 is 0 Å². The number of nitrogens with zero attached hydrogens (tertiary/aromatic N) is 3. The highest BCUT2D eigenvalue weighted by molar-refractivity contribution is 6.30. The molecule has 2 aromatic carbocycles. The van der Waals surface area contributed by atoms with Crippen molar-refractivity contribution in [3.8, 4) is 17.1 Å². The molecule has 27 heavy (non-hydrogen) atoms. The third-order valence-electron chi connectivity index (χ3n) is 4.45. The van der Waals surface area contributed by atoms with Crippen molar-refractivity contribution >= 4 is 23.2 Å². The highest BCUT2D eigenvalue weighted by atomic mass is 35.5. The van der Waals surface area contributed by atoms with Gasteiger partial charge in [0.1, 0.15) is 0 Å². The first-order valence-electron chi connectivity index (χ1n) is 8.28. The number of amides is 1. The quantitative estimate of drug-likeness (QED) is 0.675. The fraction of sp³-hybridized carbons (Fsp3) is 0.211. The molecule has 1 aromatic heterocycles. The second-order valence-corrected chi connectivity index (χ2v) is 6.63. The van der Waals surface area contributed by atoms with Crippen LogP contribution in [-0.4, -0.2) is 29.7 Å². The minimum Gasteiger partial charge on any atom is -0.494 e. The molecule has 1 fully saturated rings. The zero-order valence-corrected chi connectivity index (χ0v) is 15.1. The van der Waals surface area contributed by atoms with Crippen LogP contribution >= 0.6 is 11.6 Å². The van der Waals surface area contributed by atoms with Crippen LogP contribution in [0.25, 0.3) is 11.4 Å². The molecule has 4 rings (SSSR count). The van der Waals surface area contributed by atoms with Crippen molar-refractivity contribution in [1.29, 1.82) is 0 Å². The van der Waals surface area contributed by atoms with E-state index in [9.17, 15) is 9.18 Å². The first kappa shape index (κ1) is 17.5. The molecule has 8 heteroatoms. The molecule has 138 valence electrons. The second-order valence-electron chi connectivity index (χ2n) is 6.19. The van der Waals surface area contributed by atoms with Crippen LogP contribution in [0.15, 0.2) is 47.0 Å². The smallest absolute Gasteiger partial charge is 0.232 e. The summed E-state index contributed by atoms with van der Waals surface area (Å²) in [5.41, 5.74) is 1.20. The lowest BCUT2D eigenvalue weighted by Crippen LogP contribution is -2.24. The maximum absolute atomic E-state index is 14.0. The number of carbonyl (C=O) groups is 1. The summed E-state index contributed by atoms with van der Waals surface area (Å²) in [6.45, 7) is 0.335. The standard InChI is InChI=1S/C19H15ClFN3O3/c1-26-16-6-5-14(9-15(16)21)24-10-12(8-17(24)25)19-22-18(23-27-19)11-3-2-4-13(20)7-11/h2-7,9,12H,8,10H2,1H3. The Bertz CT molecular complexity index is 1010. The van der Waals surface area contributed by atoms with Gasteiger partial charge in [0.05, 0.1) is 13.0 Å². The molecule has 0 spiro atoms. The molecule has 0 aliphatic carbocycles. The minimum absolute atomic E-state index is 0.130. The zero-order valence-electron chi connectivity index (χ0n) is 14.4. The van der Waals surface area contributed by atoms with Crippen molar-refractivity contribution in [2.75, 3.05) is 18.6 Å². The van der Waals surface area contributed by atoms with Crippen LogP contribution in [-0.2, 0) is 4.79 Å². The lowest BCUT2D eigenvalue weighted by Gasteiger charge is -2.16. The molecule has 1 amide bonds. The predicted molar refractivity (Wildman–Crippen MR) is 97.4 cm³/mol. The molecule has 1 unspecified atom stereocenters. The van der Waals surface area contributed by atoms with Gasteiger partial charge in [-0.25, -0.2) is 4.39 Å². The average Bonchev–Trinajstić information content (AvgIpc) is 3.28. The van der Waals surface area contributed by atoms with Gasteiger partial charge in [-0.15, -0.1) is 0 Å². The lowest BCUT2D eigenvalue weighted by atomic mass is 10.1. The van der Waals surface area contributed by atoms with E-state index in [4.69, 9.17) is 20.9 Å². The van der Waals surface area contributed by atoms with E-state index in [1.54, 1.807) is 24.3 Å². The normalized spacial score (nSPS) is 16.8. The number of benzene rings is 2. The Morgan fingerprint density at radius 2 is 2.15 bits per heavy atom. The molecule has 1 atom stereocenters. The molecule has 3 aromatic rings. The number of methoxy groups -OCH3 is 1. The van der Waals surface area contributed by atoms with Crippen LogP contribution in [0.2, 0.25) is 5.02 Å². The monoisotopic (exact) mass is 387 g/mol. The molecule has 0 N–H and O–H groups in total. The topological polar surface area (TPSA) is 68.5 Å². The van der Waals surface area contributed by atoms with Gasteiger partial charge in [-0.1, -0.05) is 28.9 Å². The molecule has 1 aliphatic rings. The molecule has 0 bridgehead atoms. The van der Waals surface area contributed by atoms with Gasteiger partial charge in [0, 0.05) is 35.3 Å². The average molecular weight is 388 g/mol. The van der Waals surface area contributed by atoms with Gasteiger partial charge in [-0.3, -0.25) is 4.79 Å². The number of ether oxygens (including phenoxy) is 1. The predicted octanol–water partition coefficient (Wildman–Crippen LogP) is 4.06. The Balaban J connectivity index is 1.55. The van der Waals surface area contributed by atoms with Crippen molar-refractivity contribution in [3.63, 3.8) is 0 Å². The van der Waals surface area contributed by atoms with Crippen molar-refractivity contribution in [2.45, 2.75) is 12.3 Å². The Hall–Kier alpha value is -2.93. The van der Waals surface area contributed by atoms with Crippen LogP contribution in [0.3, 0.4) is 0 Å². The van der Waals surface area contributed by atoms with Crippen molar-refractivity contribution in [1.82, 2.24) is 10.1 Å². The minimum atomic E-state index is -0.521. The summed E-state index contributed by atoms with van der Waals surface area (Å²) >= 11 is 5.99. The van der Waals surface area contributed by atoms with Gasteiger partial charge in [0.2, 0.25) is 17.6 Å². The van der Waals surface area contributed by atoms with Crippen molar-refractivity contribution < 1.29 is 18.4 Å². The molecular weight excluding hydrogens is 373 g/mol. The van der Waals surface area contributed by atoms with E-state index in [-0.39, 0.29) is 24.0 Å². The van der Waals surface area contributed by atoms with Crippen molar-refractivity contribution in [2.24, 2.45) is 0 Å². The first-order chi connectivity index (χ1) is 13.0. The number of anilines is 1. The number of carbonyl (C=O) groups excluding carboxylic acids is 1. The van der Waals surface area contributed by atoms with Crippen LogP contribution in [0, 0.1) is 5.82 Å². The maximum atomic E-state index is 14.0. The van der Waals surface area contributed by atoms with E-state index in [0.29, 0.717) is 29.0 Å². The molecule has 0 radical (unpaired) electrons. The van der Waals surface area contributed by atoms with Gasteiger partial charge in [-0.2, -0.15) is 4.98 Å². The third-order valence-corrected chi connectivity index (χ3v) is 4.68. The second kappa shape index (κ2) is 7.00. The summed E-state index contributed by atoms with van der Waals surface area (Å²) in [5, 5.41) is 4.55. The summed E-state index contributed by atoms with van der Waals surface area (Å²) in [6, 6.07) is 11.5. The molecule has 1 saturated heterocycles. The largest absolute Gasteiger partial charge is 0.494 e.